The summed E-state index contributed by atoms with van der Waals surface area (Å²) >= 11 is 0. The second kappa shape index (κ2) is 10.1. The number of amides is 2. The Labute approximate surface area is 170 Å². The number of morpholine rings is 1. The summed E-state index contributed by atoms with van der Waals surface area (Å²) in [7, 11) is 0. The number of nitrogens with zero attached hydrogens (tertiary/aromatic N) is 1. The molecular formula is C22H26FN3O3. The van der Waals surface area contributed by atoms with Crippen LogP contribution in [0.15, 0.2) is 48.5 Å². The standard InChI is InChI=1S/C22H26FN3O3/c1-16(27)25-20-8-2-17(3-9-20)14-22(28)24-15-21(26-10-12-29-13-11-26)18-4-6-19(23)7-5-18/h2-9,21H,10-15H2,1H3,(H,24,28)(H,25,27). The van der Waals surface area contributed by atoms with Gasteiger partial charge in [0.15, 0.2) is 0 Å². The minimum Gasteiger partial charge on any atom is -0.379 e. The van der Waals surface area contributed by atoms with Crippen molar-refractivity contribution in [3.63, 3.8) is 0 Å². The van der Waals surface area contributed by atoms with E-state index in [1.165, 1.54) is 19.1 Å². The second-order valence-electron chi connectivity index (χ2n) is 7.07. The Morgan fingerprint density at radius 2 is 1.72 bits per heavy atom. The van der Waals surface area contributed by atoms with Crippen molar-refractivity contribution in [3.8, 4) is 0 Å². The number of nitrogens with one attached hydrogen (secondary N) is 2. The number of carbonyl (C=O) groups excluding carboxylic acids is 2. The van der Waals surface area contributed by atoms with Gasteiger partial charge in [0.1, 0.15) is 5.82 Å². The zero-order valence-corrected chi connectivity index (χ0v) is 16.5. The van der Waals surface area contributed by atoms with Crippen molar-refractivity contribution < 1.29 is 18.7 Å². The fourth-order valence-corrected chi connectivity index (χ4v) is 3.40. The second-order valence-corrected chi connectivity index (χ2v) is 7.07. The molecule has 1 aliphatic heterocycles. The quantitative estimate of drug-likeness (QED) is 0.751. The molecule has 7 heteroatoms. The number of hydrogen-bond acceptors (Lipinski definition) is 4. The number of carbonyl (C=O) groups is 2. The van der Waals surface area contributed by atoms with Gasteiger partial charge in [0.05, 0.1) is 25.7 Å². The fourth-order valence-electron chi connectivity index (χ4n) is 3.40. The minimum absolute atomic E-state index is 0.0365. The maximum Gasteiger partial charge on any atom is 0.224 e. The van der Waals surface area contributed by atoms with E-state index in [-0.39, 0.29) is 30.1 Å². The van der Waals surface area contributed by atoms with Crippen molar-refractivity contribution in [2.45, 2.75) is 19.4 Å². The molecule has 2 aromatic rings. The first-order valence-electron chi connectivity index (χ1n) is 9.72. The maximum atomic E-state index is 13.3. The SMILES string of the molecule is CC(=O)Nc1ccc(CC(=O)NCC(c2ccc(F)cc2)N2CCOCC2)cc1. The van der Waals surface area contributed by atoms with Gasteiger partial charge in [-0.25, -0.2) is 4.39 Å². The molecule has 1 saturated heterocycles. The highest BCUT2D eigenvalue weighted by atomic mass is 19.1. The van der Waals surface area contributed by atoms with Gasteiger partial charge in [-0.2, -0.15) is 0 Å². The van der Waals surface area contributed by atoms with Crippen molar-refractivity contribution in [1.29, 1.82) is 0 Å². The van der Waals surface area contributed by atoms with Crippen LogP contribution in [0.25, 0.3) is 0 Å². The van der Waals surface area contributed by atoms with Crippen molar-refractivity contribution in [1.82, 2.24) is 10.2 Å². The van der Waals surface area contributed by atoms with E-state index < -0.39 is 0 Å². The van der Waals surface area contributed by atoms with Crippen molar-refractivity contribution in [2.24, 2.45) is 0 Å². The molecule has 1 heterocycles. The van der Waals surface area contributed by atoms with Crippen LogP contribution in [0.1, 0.15) is 24.1 Å². The highest BCUT2D eigenvalue weighted by Crippen LogP contribution is 2.22. The molecule has 2 aromatic carbocycles. The van der Waals surface area contributed by atoms with Gasteiger partial charge in [0.25, 0.3) is 0 Å². The van der Waals surface area contributed by atoms with Crippen molar-refractivity contribution in [3.05, 3.63) is 65.5 Å². The van der Waals surface area contributed by atoms with Gasteiger partial charge >= 0.3 is 0 Å². The average molecular weight is 399 g/mol. The third-order valence-corrected chi connectivity index (χ3v) is 4.87. The van der Waals surface area contributed by atoms with Gasteiger partial charge in [0.2, 0.25) is 11.8 Å². The molecule has 0 radical (unpaired) electrons. The van der Waals surface area contributed by atoms with Crippen LogP contribution in [0.5, 0.6) is 0 Å². The Morgan fingerprint density at radius 1 is 1.07 bits per heavy atom. The Balaban J connectivity index is 1.60. The Kier molecular flexibility index (Phi) is 7.32. The summed E-state index contributed by atoms with van der Waals surface area (Å²) in [5.74, 6) is -0.496. The van der Waals surface area contributed by atoms with Crippen LogP contribution in [0.3, 0.4) is 0 Å². The zero-order chi connectivity index (χ0) is 20.6. The number of hydrogen-bond donors (Lipinski definition) is 2. The first-order valence-corrected chi connectivity index (χ1v) is 9.72. The first kappa shape index (κ1) is 21.0. The van der Waals surface area contributed by atoms with E-state index in [9.17, 15) is 14.0 Å². The van der Waals surface area contributed by atoms with Crippen LogP contribution >= 0.6 is 0 Å². The van der Waals surface area contributed by atoms with E-state index in [0.717, 1.165) is 24.2 Å². The normalized spacial score (nSPS) is 15.5. The van der Waals surface area contributed by atoms with Gasteiger partial charge in [-0.05, 0) is 35.4 Å². The van der Waals surface area contributed by atoms with Crippen LogP contribution in [0.4, 0.5) is 10.1 Å². The van der Waals surface area contributed by atoms with E-state index in [0.29, 0.717) is 25.4 Å². The average Bonchev–Trinajstić information content (AvgIpc) is 2.71. The van der Waals surface area contributed by atoms with E-state index in [4.69, 9.17) is 4.74 Å². The van der Waals surface area contributed by atoms with Crippen molar-refractivity contribution in [2.75, 3.05) is 38.2 Å². The lowest BCUT2D eigenvalue weighted by Crippen LogP contribution is -2.44. The molecule has 1 unspecified atom stereocenters. The third-order valence-electron chi connectivity index (χ3n) is 4.87. The largest absolute Gasteiger partial charge is 0.379 e. The molecule has 0 aliphatic carbocycles. The molecule has 0 bridgehead atoms. The molecule has 6 nitrogen and oxygen atoms in total. The molecule has 0 aromatic heterocycles. The topological polar surface area (TPSA) is 70.7 Å². The van der Waals surface area contributed by atoms with Crippen LogP contribution < -0.4 is 10.6 Å². The van der Waals surface area contributed by atoms with E-state index in [1.54, 1.807) is 24.3 Å². The molecule has 1 fully saturated rings. The Hall–Kier alpha value is -2.77. The summed E-state index contributed by atoms with van der Waals surface area (Å²) in [6, 6.07) is 13.6. The molecule has 1 atom stereocenters. The molecule has 0 spiro atoms. The maximum absolute atomic E-state index is 13.3. The summed E-state index contributed by atoms with van der Waals surface area (Å²) in [5, 5.41) is 5.71. The van der Waals surface area contributed by atoms with Crippen LogP contribution in [-0.2, 0) is 20.7 Å². The van der Waals surface area contributed by atoms with Crippen LogP contribution in [-0.4, -0.2) is 49.6 Å². The predicted molar refractivity (Wildman–Crippen MR) is 109 cm³/mol. The lowest BCUT2D eigenvalue weighted by Gasteiger charge is -2.35. The lowest BCUT2D eigenvalue weighted by atomic mass is 10.0. The van der Waals surface area contributed by atoms with Crippen LogP contribution in [0, 0.1) is 5.82 Å². The number of ether oxygens (including phenoxy) is 1. The Morgan fingerprint density at radius 3 is 2.34 bits per heavy atom. The van der Waals surface area contributed by atoms with E-state index >= 15 is 0 Å². The summed E-state index contributed by atoms with van der Waals surface area (Å²) in [4.78, 5) is 25.8. The smallest absolute Gasteiger partial charge is 0.224 e. The highest BCUT2D eigenvalue weighted by Gasteiger charge is 2.23. The highest BCUT2D eigenvalue weighted by molar-refractivity contribution is 5.88. The number of halogens is 1. The lowest BCUT2D eigenvalue weighted by molar-refractivity contribution is -0.120. The fraction of sp³-hybridized carbons (Fsp3) is 0.364. The minimum atomic E-state index is -0.277. The van der Waals surface area contributed by atoms with Gasteiger partial charge in [-0.15, -0.1) is 0 Å². The van der Waals surface area contributed by atoms with Gasteiger partial charge in [-0.1, -0.05) is 24.3 Å². The van der Waals surface area contributed by atoms with Gasteiger partial charge in [-0.3, -0.25) is 14.5 Å². The molecule has 1 aliphatic rings. The monoisotopic (exact) mass is 399 g/mol. The third kappa shape index (κ3) is 6.37. The van der Waals surface area contributed by atoms with Gasteiger partial charge in [0, 0.05) is 32.2 Å². The summed E-state index contributed by atoms with van der Waals surface area (Å²) < 4.78 is 18.7. The van der Waals surface area contributed by atoms with Gasteiger partial charge < -0.3 is 15.4 Å². The molecule has 2 N–H and O–H groups in total. The first-order chi connectivity index (χ1) is 14.0. The molecule has 3 rings (SSSR count). The van der Waals surface area contributed by atoms with E-state index in [2.05, 4.69) is 15.5 Å². The number of anilines is 1. The summed E-state index contributed by atoms with van der Waals surface area (Å²) in [5.41, 5.74) is 2.53. The van der Waals surface area contributed by atoms with Crippen LogP contribution in [0.2, 0.25) is 0 Å². The van der Waals surface area contributed by atoms with E-state index in [1.807, 2.05) is 12.1 Å². The van der Waals surface area contributed by atoms with Crippen molar-refractivity contribution >= 4 is 17.5 Å². The molecule has 0 saturated carbocycles. The summed E-state index contributed by atoms with van der Waals surface area (Å²) in [6.07, 6.45) is 0.250. The Bertz CT molecular complexity index is 818. The molecular weight excluding hydrogens is 373 g/mol. The zero-order valence-electron chi connectivity index (χ0n) is 16.5. The number of benzene rings is 2. The molecule has 2 amide bonds. The predicted octanol–water partition coefficient (Wildman–Crippen LogP) is 2.52. The number of rotatable bonds is 7. The molecule has 29 heavy (non-hydrogen) atoms. The molecule has 154 valence electrons. The summed E-state index contributed by atoms with van der Waals surface area (Å²) in [6.45, 7) is 4.71.